The lowest BCUT2D eigenvalue weighted by Crippen LogP contribution is -2.44. The summed E-state index contributed by atoms with van der Waals surface area (Å²) < 4.78 is 7.59. The number of ether oxygens (including phenoxy) is 1. The highest BCUT2D eigenvalue weighted by molar-refractivity contribution is 5.97. The van der Waals surface area contributed by atoms with Crippen LogP contribution in [0.25, 0.3) is 22.2 Å². The van der Waals surface area contributed by atoms with Crippen molar-refractivity contribution >= 4 is 16.9 Å². The third-order valence-corrected chi connectivity index (χ3v) is 9.34. The minimum atomic E-state index is -0.968. The van der Waals surface area contributed by atoms with Crippen molar-refractivity contribution in [2.75, 3.05) is 20.8 Å². The van der Waals surface area contributed by atoms with Gasteiger partial charge in [-0.25, -0.2) is 15.0 Å². The number of carbonyl (C=O) groups excluding carboxylic acids is 1. The van der Waals surface area contributed by atoms with Gasteiger partial charge in [-0.1, -0.05) is 18.2 Å². The zero-order valence-electron chi connectivity index (χ0n) is 22.2. The van der Waals surface area contributed by atoms with Crippen molar-refractivity contribution in [3.8, 4) is 11.1 Å². The number of rotatable bonds is 5. The van der Waals surface area contributed by atoms with Gasteiger partial charge in [-0.3, -0.25) is 4.79 Å². The maximum Gasteiger partial charge on any atom is 0.254 e. The second-order valence-electron chi connectivity index (χ2n) is 11.9. The van der Waals surface area contributed by atoms with Crippen LogP contribution in [0.5, 0.6) is 0 Å². The number of benzene rings is 2. The normalized spacial score (nSPS) is 27.3. The van der Waals surface area contributed by atoms with Gasteiger partial charge >= 0.3 is 0 Å². The van der Waals surface area contributed by atoms with Crippen LogP contribution in [0.15, 0.2) is 48.8 Å². The van der Waals surface area contributed by atoms with Gasteiger partial charge in [-0.05, 0) is 72.4 Å². The third-order valence-electron chi connectivity index (χ3n) is 9.34. The molecule has 2 bridgehead atoms. The summed E-state index contributed by atoms with van der Waals surface area (Å²) in [5.74, 6) is 2.43. The molecular weight excluding hydrogens is 490 g/mol. The van der Waals surface area contributed by atoms with Crippen LogP contribution < -0.4 is 0 Å². The lowest BCUT2D eigenvalue weighted by molar-refractivity contribution is -0.104. The Bertz CT molecular complexity index is 1630. The first-order chi connectivity index (χ1) is 18.9. The molecule has 1 amide bonds. The van der Waals surface area contributed by atoms with E-state index in [1.54, 1.807) is 7.11 Å². The molecule has 2 fully saturated rings. The van der Waals surface area contributed by atoms with Gasteiger partial charge in [-0.15, -0.1) is 0 Å². The fourth-order valence-electron chi connectivity index (χ4n) is 7.23. The van der Waals surface area contributed by atoms with E-state index in [-0.39, 0.29) is 18.0 Å². The molecule has 0 unspecified atom stereocenters. The molecule has 198 valence electrons. The Morgan fingerprint density at radius 3 is 2.62 bits per heavy atom. The lowest BCUT2D eigenvalue weighted by Gasteiger charge is -2.41. The van der Waals surface area contributed by atoms with Crippen molar-refractivity contribution in [3.05, 3.63) is 77.1 Å². The minimum absolute atomic E-state index is 0.0504. The number of fused-ring (bicyclic) bond motifs is 9. The first-order valence-electron chi connectivity index (χ1n) is 13.9. The highest BCUT2D eigenvalue weighted by atomic mass is 16.5. The van der Waals surface area contributed by atoms with Gasteiger partial charge in [0.15, 0.2) is 5.82 Å². The Morgan fingerprint density at radius 1 is 1.08 bits per heavy atom. The van der Waals surface area contributed by atoms with Crippen molar-refractivity contribution in [3.63, 3.8) is 0 Å². The Morgan fingerprint density at radius 2 is 1.87 bits per heavy atom. The van der Waals surface area contributed by atoms with Crippen LogP contribution in [-0.2, 0) is 10.3 Å². The molecule has 39 heavy (non-hydrogen) atoms. The fourth-order valence-corrected chi connectivity index (χ4v) is 7.23. The molecule has 2 aromatic carbocycles. The summed E-state index contributed by atoms with van der Waals surface area (Å²) in [4.78, 5) is 29.6. The fraction of sp³-hybridized carbons (Fsp3) is 0.419. The molecule has 2 atom stereocenters. The van der Waals surface area contributed by atoms with Gasteiger partial charge in [0.1, 0.15) is 11.4 Å². The van der Waals surface area contributed by atoms with Gasteiger partial charge < -0.3 is 19.3 Å². The second kappa shape index (κ2) is 8.19. The van der Waals surface area contributed by atoms with Crippen LogP contribution in [0.4, 0.5) is 0 Å². The molecule has 8 heteroatoms. The largest absolute Gasteiger partial charge is 0.384 e. The Hall–Kier alpha value is -3.62. The summed E-state index contributed by atoms with van der Waals surface area (Å²) >= 11 is 0. The number of carbonyl (C=O) groups is 1. The quantitative estimate of drug-likeness (QED) is 0.408. The molecule has 2 aliphatic carbocycles. The SMILES string of the molecule is COCC1CC(O)(c2ncc(-c3ccc4nc5n(c4c3)[C@@H]3C[C@H]5N(C)C(=O)c4cccc(C5CC5)c43)cn2)C1. The average molecular weight is 522 g/mol. The molecule has 2 saturated carbocycles. The summed E-state index contributed by atoms with van der Waals surface area (Å²) in [6, 6.07) is 12.6. The van der Waals surface area contributed by atoms with E-state index < -0.39 is 5.60 Å². The van der Waals surface area contributed by atoms with E-state index >= 15 is 0 Å². The second-order valence-corrected chi connectivity index (χ2v) is 11.9. The number of imidazole rings is 1. The van der Waals surface area contributed by atoms with E-state index in [4.69, 9.17) is 9.72 Å². The molecule has 2 aromatic heterocycles. The summed E-state index contributed by atoms with van der Waals surface area (Å²) in [6.45, 7) is 0.647. The minimum Gasteiger partial charge on any atom is -0.384 e. The number of amides is 1. The van der Waals surface area contributed by atoms with E-state index in [9.17, 15) is 9.90 Å². The molecule has 8 nitrogen and oxygen atoms in total. The summed E-state index contributed by atoms with van der Waals surface area (Å²) in [5, 5.41) is 10.9. The van der Waals surface area contributed by atoms with E-state index in [1.807, 2.05) is 36.5 Å². The molecule has 0 spiro atoms. The third kappa shape index (κ3) is 3.37. The molecule has 4 heterocycles. The molecule has 0 radical (unpaired) electrons. The molecular formula is C31H31N5O3. The maximum absolute atomic E-state index is 13.5. The predicted molar refractivity (Wildman–Crippen MR) is 145 cm³/mol. The monoisotopic (exact) mass is 521 g/mol. The van der Waals surface area contributed by atoms with Crippen molar-refractivity contribution in [2.45, 2.75) is 55.7 Å². The highest BCUT2D eigenvalue weighted by Gasteiger charge is 2.47. The van der Waals surface area contributed by atoms with Crippen molar-refractivity contribution in [2.24, 2.45) is 5.92 Å². The highest BCUT2D eigenvalue weighted by Crippen LogP contribution is 2.52. The first kappa shape index (κ1) is 23.3. The van der Waals surface area contributed by atoms with Crippen LogP contribution in [0.2, 0.25) is 0 Å². The van der Waals surface area contributed by atoms with Crippen molar-refractivity contribution in [1.82, 2.24) is 24.4 Å². The number of aromatic nitrogens is 4. The van der Waals surface area contributed by atoms with Crippen molar-refractivity contribution in [1.29, 1.82) is 0 Å². The van der Waals surface area contributed by atoms with E-state index in [0.717, 1.165) is 40.0 Å². The standard InChI is InChI=1S/C31H31N5O3/c1-35-26-11-25(27-21(18-6-7-18)4-3-5-22(27)29(35)37)36-24-10-19(8-9-23(24)34-28(26)36)20-14-32-30(33-15-20)31(38)12-17(13-31)16-39-2/h3-5,8-10,14-15,17-18,25-26,38H,6-7,11-13,16H2,1-2H3/t17?,25-,26-,31?/m1/s1. The topological polar surface area (TPSA) is 93.4 Å². The van der Waals surface area contributed by atoms with Gasteiger partial charge in [0.2, 0.25) is 0 Å². The predicted octanol–water partition coefficient (Wildman–Crippen LogP) is 4.73. The van der Waals surface area contributed by atoms with E-state index in [2.05, 4.69) is 38.8 Å². The van der Waals surface area contributed by atoms with Gasteiger partial charge in [0.25, 0.3) is 5.91 Å². The van der Waals surface area contributed by atoms with E-state index in [1.165, 1.54) is 24.0 Å². The van der Waals surface area contributed by atoms with Crippen LogP contribution in [0.3, 0.4) is 0 Å². The molecule has 4 aromatic rings. The molecule has 8 rings (SSSR count). The summed E-state index contributed by atoms with van der Waals surface area (Å²) in [5.41, 5.74) is 6.30. The van der Waals surface area contributed by atoms with E-state index in [0.29, 0.717) is 37.1 Å². The molecule has 0 saturated heterocycles. The Labute approximate surface area is 226 Å². The molecule has 1 N–H and O–H groups in total. The zero-order valence-corrected chi connectivity index (χ0v) is 22.2. The van der Waals surface area contributed by atoms with Crippen LogP contribution in [0, 0.1) is 5.92 Å². The van der Waals surface area contributed by atoms with Crippen LogP contribution in [0.1, 0.15) is 83.2 Å². The van der Waals surface area contributed by atoms with Crippen molar-refractivity contribution < 1.29 is 14.6 Å². The number of nitrogens with zero attached hydrogens (tertiary/aromatic N) is 5. The average Bonchev–Trinajstić information content (AvgIpc) is 3.64. The zero-order chi connectivity index (χ0) is 26.5. The Balaban J connectivity index is 1.20. The lowest BCUT2D eigenvalue weighted by atomic mass is 9.71. The summed E-state index contributed by atoms with van der Waals surface area (Å²) in [7, 11) is 3.60. The molecule has 4 aliphatic rings. The number of methoxy groups -OCH3 is 1. The van der Waals surface area contributed by atoms with Gasteiger partial charge in [-0.2, -0.15) is 0 Å². The van der Waals surface area contributed by atoms with Gasteiger partial charge in [0.05, 0.1) is 23.1 Å². The van der Waals surface area contributed by atoms with Crippen LogP contribution >= 0.6 is 0 Å². The first-order valence-corrected chi connectivity index (χ1v) is 13.9. The van der Waals surface area contributed by atoms with Crippen LogP contribution in [-0.4, -0.2) is 56.2 Å². The maximum atomic E-state index is 13.5. The number of hydrogen-bond acceptors (Lipinski definition) is 6. The number of aliphatic hydroxyl groups is 1. The molecule has 2 aliphatic heterocycles. The number of hydrogen-bond donors (Lipinski definition) is 1. The van der Waals surface area contributed by atoms with Gasteiger partial charge in [0, 0.05) is 50.7 Å². The summed E-state index contributed by atoms with van der Waals surface area (Å²) in [6.07, 6.45) is 8.09. The Kier molecular flexibility index (Phi) is 4.89. The smallest absolute Gasteiger partial charge is 0.254 e.